The molecule has 1 unspecified atom stereocenters. The lowest BCUT2D eigenvalue weighted by Gasteiger charge is -2.13. The first-order valence-corrected chi connectivity index (χ1v) is 4.58. The van der Waals surface area contributed by atoms with Crippen LogP contribution in [0.3, 0.4) is 0 Å². The van der Waals surface area contributed by atoms with Gasteiger partial charge in [-0.1, -0.05) is 12.1 Å². The van der Waals surface area contributed by atoms with Crippen molar-refractivity contribution in [2.75, 3.05) is 6.54 Å². The first-order chi connectivity index (χ1) is 6.95. The standard InChI is InChI=1S/C10H13F3N2/c11-10(12,13)8-3-1-2-7(6-8)9(15)4-5-14/h1-3,6,9H,4-5,14-15H2. The van der Waals surface area contributed by atoms with Crippen LogP contribution in [0.25, 0.3) is 0 Å². The van der Waals surface area contributed by atoms with E-state index in [4.69, 9.17) is 11.5 Å². The Morgan fingerprint density at radius 1 is 1.27 bits per heavy atom. The first-order valence-electron chi connectivity index (χ1n) is 4.58. The fraction of sp³-hybridized carbons (Fsp3) is 0.400. The normalized spacial score (nSPS) is 13.9. The number of rotatable bonds is 3. The molecule has 0 saturated heterocycles. The van der Waals surface area contributed by atoms with Gasteiger partial charge < -0.3 is 11.5 Å². The molecule has 15 heavy (non-hydrogen) atoms. The van der Waals surface area contributed by atoms with Gasteiger partial charge in [-0.15, -0.1) is 0 Å². The number of benzene rings is 1. The molecule has 1 atom stereocenters. The third-order valence-corrected chi connectivity index (χ3v) is 2.12. The van der Waals surface area contributed by atoms with E-state index in [9.17, 15) is 13.2 Å². The molecule has 0 aromatic heterocycles. The summed E-state index contributed by atoms with van der Waals surface area (Å²) in [6, 6.07) is 4.60. The Kier molecular flexibility index (Phi) is 3.71. The van der Waals surface area contributed by atoms with E-state index in [1.165, 1.54) is 6.07 Å². The van der Waals surface area contributed by atoms with Crippen molar-refractivity contribution in [2.45, 2.75) is 18.6 Å². The van der Waals surface area contributed by atoms with Gasteiger partial charge in [0, 0.05) is 6.04 Å². The predicted octanol–water partition coefficient (Wildman–Crippen LogP) is 2.05. The van der Waals surface area contributed by atoms with Crippen LogP contribution in [0, 0.1) is 0 Å². The van der Waals surface area contributed by atoms with E-state index in [-0.39, 0.29) is 0 Å². The molecule has 5 heteroatoms. The molecule has 0 heterocycles. The fourth-order valence-corrected chi connectivity index (χ4v) is 1.29. The van der Waals surface area contributed by atoms with Crippen molar-refractivity contribution < 1.29 is 13.2 Å². The second-order valence-corrected chi connectivity index (χ2v) is 3.31. The fourth-order valence-electron chi connectivity index (χ4n) is 1.29. The van der Waals surface area contributed by atoms with E-state index in [1.54, 1.807) is 6.07 Å². The Labute approximate surface area is 86.1 Å². The van der Waals surface area contributed by atoms with E-state index >= 15 is 0 Å². The summed E-state index contributed by atoms with van der Waals surface area (Å²) in [5.41, 5.74) is 10.8. The molecule has 0 spiro atoms. The van der Waals surface area contributed by atoms with Crippen molar-refractivity contribution in [3.05, 3.63) is 35.4 Å². The second-order valence-electron chi connectivity index (χ2n) is 3.31. The molecule has 0 aliphatic rings. The molecule has 0 bridgehead atoms. The molecule has 84 valence electrons. The number of halogens is 3. The van der Waals surface area contributed by atoms with Crippen molar-refractivity contribution in [3.8, 4) is 0 Å². The Balaban J connectivity index is 2.92. The number of hydrogen-bond acceptors (Lipinski definition) is 2. The molecule has 0 amide bonds. The highest BCUT2D eigenvalue weighted by molar-refractivity contribution is 5.27. The van der Waals surface area contributed by atoms with Crippen LogP contribution in [0.5, 0.6) is 0 Å². The average Bonchev–Trinajstić information content (AvgIpc) is 2.17. The molecule has 0 fully saturated rings. The maximum atomic E-state index is 12.4. The van der Waals surface area contributed by atoms with Crippen molar-refractivity contribution in [1.82, 2.24) is 0 Å². The van der Waals surface area contributed by atoms with E-state index in [2.05, 4.69) is 0 Å². The van der Waals surface area contributed by atoms with Gasteiger partial charge in [-0.05, 0) is 30.7 Å². The molecule has 2 nitrogen and oxygen atoms in total. The van der Waals surface area contributed by atoms with Gasteiger partial charge in [0.05, 0.1) is 5.56 Å². The molecule has 4 N–H and O–H groups in total. The van der Waals surface area contributed by atoms with Gasteiger partial charge in [0.15, 0.2) is 0 Å². The van der Waals surface area contributed by atoms with Gasteiger partial charge in [0.2, 0.25) is 0 Å². The summed E-state index contributed by atoms with van der Waals surface area (Å²) >= 11 is 0. The van der Waals surface area contributed by atoms with Crippen molar-refractivity contribution in [3.63, 3.8) is 0 Å². The average molecular weight is 218 g/mol. The van der Waals surface area contributed by atoms with Crippen LogP contribution >= 0.6 is 0 Å². The molecule has 0 radical (unpaired) electrons. The van der Waals surface area contributed by atoms with Gasteiger partial charge in [0.1, 0.15) is 0 Å². The largest absolute Gasteiger partial charge is 0.416 e. The van der Waals surface area contributed by atoms with Crippen molar-refractivity contribution in [2.24, 2.45) is 11.5 Å². The number of alkyl halides is 3. The number of nitrogens with two attached hydrogens (primary N) is 2. The third-order valence-electron chi connectivity index (χ3n) is 2.12. The molecule has 1 aromatic carbocycles. The SMILES string of the molecule is NCCC(N)c1cccc(C(F)(F)F)c1. The van der Waals surface area contributed by atoms with Gasteiger partial charge in [-0.25, -0.2) is 0 Å². The lowest BCUT2D eigenvalue weighted by atomic mass is 10.0. The number of hydrogen-bond donors (Lipinski definition) is 2. The van der Waals surface area contributed by atoms with Crippen molar-refractivity contribution in [1.29, 1.82) is 0 Å². The van der Waals surface area contributed by atoms with Crippen LogP contribution in [-0.4, -0.2) is 6.54 Å². The second kappa shape index (κ2) is 4.63. The van der Waals surface area contributed by atoms with Crippen LogP contribution in [0.4, 0.5) is 13.2 Å². The maximum absolute atomic E-state index is 12.4. The van der Waals surface area contributed by atoms with Crippen LogP contribution in [-0.2, 0) is 6.18 Å². The summed E-state index contributed by atoms with van der Waals surface area (Å²) in [5, 5.41) is 0. The third kappa shape index (κ3) is 3.21. The minimum atomic E-state index is -4.32. The zero-order valence-electron chi connectivity index (χ0n) is 8.09. The van der Waals surface area contributed by atoms with E-state index in [0.29, 0.717) is 18.5 Å². The Morgan fingerprint density at radius 3 is 2.47 bits per heavy atom. The summed E-state index contributed by atoms with van der Waals surface area (Å²) < 4.78 is 37.1. The van der Waals surface area contributed by atoms with E-state index < -0.39 is 17.8 Å². The lowest BCUT2D eigenvalue weighted by molar-refractivity contribution is -0.137. The topological polar surface area (TPSA) is 52.0 Å². The smallest absolute Gasteiger partial charge is 0.330 e. The summed E-state index contributed by atoms with van der Waals surface area (Å²) in [6.07, 6.45) is -3.85. The molecule has 1 aromatic rings. The summed E-state index contributed by atoms with van der Waals surface area (Å²) in [4.78, 5) is 0. The summed E-state index contributed by atoms with van der Waals surface area (Å²) in [5.74, 6) is 0. The minimum Gasteiger partial charge on any atom is -0.330 e. The van der Waals surface area contributed by atoms with Crippen LogP contribution in [0.2, 0.25) is 0 Å². The van der Waals surface area contributed by atoms with Crippen LogP contribution in [0.15, 0.2) is 24.3 Å². The van der Waals surface area contributed by atoms with Crippen molar-refractivity contribution >= 4 is 0 Å². The molecule has 1 rings (SSSR count). The van der Waals surface area contributed by atoms with Gasteiger partial charge in [-0.3, -0.25) is 0 Å². The molecule has 0 saturated carbocycles. The van der Waals surface area contributed by atoms with E-state index in [1.807, 2.05) is 0 Å². The minimum absolute atomic E-state index is 0.359. The first kappa shape index (κ1) is 12.0. The van der Waals surface area contributed by atoms with Gasteiger partial charge >= 0.3 is 6.18 Å². The van der Waals surface area contributed by atoms with Gasteiger partial charge in [-0.2, -0.15) is 13.2 Å². The highest BCUT2D eigenvalue weighted by Crippen LogP contribution is 2.30. The monoisotopic (exact) mass is 218 g/mol. The van der Waals surface area contributed by atoms with Gasteiger partial charge in [0.25, 0.3) is 0 Å². The molecular weight excluding hydrogens is 205 g/mol. The predicted molar refractivity (Wildman–Crippen MR) is 52.0 cm³/mol. The van der Waals surface area contributed by atoms with Crippen LogP contribution in [0.1, 0.15) is 23.6 Å². The van der Waals surface area contributed by atoms with Crippen LogP contribution < -0.4 is 11.5 Å². The molecule has 0 aliphatic carbocycles. The zero-order chi connectivity index (χ0) is 11.5. The molecular formula is C10H13F3N2. The Bertz CT molecular complexity index is 323. The Hall–Kier alpha value is -1.07. The summed E-state index contributed by atoms with van der Waals surface area (Å²) in [7, 11) is 0. The maximum Gasteiger partial charge on any atom is 0.416 e. The highest BCUT2D eigenvalue weighted by atomic mass is 19.4. The van der Waals surface area contributed by atoms with E-state index in [0.717, 1.165) is 12.1 Å². The highest BCUT2D eigenvalue weighted by Gasteiger charge is 2.30. The Morgan fingerprint density at radius 2 is 1.93 bits per heavy atom. The molecule has 0 aliphatic heterocycles. The summed E-state index contributed by atoms with van der Waals surface area (Å²) in [6.45, 7) is 0.359. The quantitative estimate of drug-likeness (QED) is 0.815. The lowest BCUT2D eigenvalue weighted by Crippen LogP contribution is -2.16. The zero-order valence-corrected chi connectivity index (χ0v) is 8.09.